The van der Waals surface area contributed by atoms with E-state index in [4.69, 9.17) is 5.11 Å². The number of pyridine rings is 2. The third kappa shape index (κ3) is 2.83. The Bertz CT molecular complexity index is 676. The zero-order chi connectivity index (χ0) is 13.8. The molecule has 0 spiro atoms. The van der Waals surface area contributed by atoms with Crippen LogP contribution in [0.25, 0.3) is 0 Å². The van der Waals surface area contributed by atoms with Gasteiger partial charge in [-0.2, -0.15) is 0 Å². The second-order valence-corrected chi connectivity index (χ2v) is 3.61. The summed E-state index contributed by atoms with van der Waals surface area (Å²) in [5.74, 6) is -1.56. The molecule has 0 aliphatic carbocycles. The van der Waals surface area contributed by atoms with E-state index >= 15 is 0 Å². The zero-order valence-corrected chi connectivity index (χ0v) is 9.58. The number of carbonyl (C=O) groups excluding carboxylic acids is 1. The fraction of sp³-hybridized carbons (Fsp3) is 0. The number of anilines is 1. The van der Waals surface area contributed by atoms with E-state index in [1.807, 2.05) is 0 Å². The Balaban J connectivity index is 2.18. The fourth-order valence-corrected chi connectivity index (χ4v) is 1.37. The molecule has 0 aliphatic heterocycles. The molecule has 19 heavy (non-hydrogen) atoms. The molecule has 2 aromatic heterocycles. The van der Waals surface area contributed by atoms with Gasteiger partial charge in [-0.15, -0.1) is 0 Å². The maximum absolute atomic E-state index is 11.8. The molecular formula is C12H9N3O4. The van der Waals surface area contributed by atoms with E-state index in [1.54, 1.807) is 0 Å². The Hall–Kier alpha value is -2.96. The highest BCUT2D eigenvalue weighted by atomic mass is 16.4. The molecule has 2 heterocycles. The maximum atomic E-state index is 11.8. The monoisotopic (exact) mass is 259 g/mol. The smallest absolute Gasteiger partial charge is 0.337 e. The van der Waals surface area contributed by atoms with Crippen LogP contribution in [0.1, 0.15) is 20.7 Å². The highest BCUT2D eigenvalue weighted by Gasteiger charge is 2.10. The molecule has 0 unspecified atom stereocenters. The van der Waals surface area contributed by atoms with Crippen LogP contribution in [-0.2, 0) is 0 Å². The summed E-state index contributed by atoms with van der Waals surface area (Å²) >= 11 is 0. The Kier molecular flexibility index (Phi) is 3.37. The number of carboxylic acids is 1. The van der Waals surface area contributed by atoms with Crippen molar-refractivity contribution in [2.75, 3.05) is 5.32 Å². The topological polar surface area (TPSA) is 112 Å². The van der Waals surface area contributed by atoms with Gasteiger partial charge in [0.1, 0.15) is 11.4 Å². The van der Waals surface area contributed by atoms with Crippen molar-refractivity contribution < 1.29 is 14.7 Å². The van der Waals surface area contributed by atoms with Crippen molar-refractivity contribution in [1.82, 2.24) is 9.97 Å². The second kappa shape index (κ2) is 5.13. The normalized spacial score (nSPS) is 9.89. The van der Waals surface area contributed by atoms with Gasteiger partial charge in [-0.3, -0.25) is 9.59 Å². The molecule has 0 saturated carbocycles. The molecule has 7 nitrogen and oxygen atoms in total. The lowest BCUT2D eigenvalue weighted by Crippen LogP contribution is -2.21. The van der Waals surface area contributed by atoms with Gasteiger partial charge in [0.25, 0.3) is 5.91 Å². The number of H-pyrrole nitrogens is 1. The summed E-state index contributed by atoms with van der Waals surface area (Å²) < 4.78 is 0. The highest BCUT2D eigenvalue weighted by molar-refractivity contribution is 6.03. The maximum Gasteiger partial charge on any atom is 0.337 e. The third-order valence-corrected chi connectivity index (χ3v) is 2.32. The molecule has 7 heteroatoms. The number of aromatic carboxylic acids is 1. The molecule has 0 bridgehead atoms. The van der Waals surface area contributed by atoms with Gasteiger partial charge in [0.15, 0.2) is 5.43 Å². The molecule has 2 rings (SSSR count). The molecule has 0 aliphatic rings. The molecular weight excluding hydrogens is 250 g/mol. The minimum Gasteiger partial charge on any atom is -0.478 e. The molecule has 0 fully saturated rings. The van der Waals surface area contributed by atoms with Crippen LogP contribution in [0.5, 0.6) is 0 Å². The number of amides is 1. The number of aromatic nitrogens is 2. The third-order valence-electron chi connectivity index (χ3n) is 2.32. The van der Waals surface area contributed by atoms with Crippen molar-refractivity contribution in [2.24, 2.45) is 0 Å². The van der Waals surface area contributed by atoms with E-state index in [2.05, 4.69) is 15.3 Å². The Morgan fingerprint density at radius 1 is 1.26 bits per heavy atom. The molecule has 0 atom stereocenters. The largest absolute Gasteiger partial charge is 0.478 e. The first kappa shape index (κ1) is 12.5. The van der Waals surface area contributed by atoms with Crippen LogP contribution in [-0.4, -0.2) is 27.0 Å². The van der Waals surface area contributed by atoms with Gasteiger partial charge in [-0.1, -0.05) is 0 Å². The van der Waals surface area contributed by atoms with Crippen LogP contribution < -0.4 is 10.7 Å². The predicted octanol–water partition coefficient (Wildman–Crippen LogP) is 0.720. The lowest BCUT2D eigenvalue weighted by molar-refractivity contribution is 0.0696. The van der Waals surface area contributed by atoms with Crippen LogP contribution in [0.4, 0.5) is 5.82 Å². The van der Waals surface area contributed by atoms with Crippen LogP contribution in [0.2, 0.25) is 0 Å². The number of nitrogens with one attached hydrogen (secondary N) is 2. The van der Waals surface area contributed by atoms with Gasteiger partial charge < -0.3 is 15.4 Å². The summed E-state index contributed by atoms with van der Waals surface area (Å²) in [5.41, 5.74) is -0.458. The number of carbonyl (C=O) groups is 2. The minimum absolute atomic E-state index is 0.00978. The van der Waals surface area contributed by atoms with E-state index in [0.29, 0.717) is 0 Å². The predicted molar refractivity (Wildman–Crippen MR) is 66.2 cm³/mol. The number of rotatable bonds is 3. The minimum atomic E-state index is -1.11. The summed E-state index contributed by atoms with van der Waals surface area (Å²) in [7, 11) is 0. The summed E-state index contributed by atoms with van der Waals surface area (Å²) in [6, 6.07) is 3.88. The highest BCUT2D eigenvalue weighted by Crippen LogP contribution is 2.06. The molecule has 96 valence electrons. The van der Waals surface area contributed by atoms with E-state index in [9.17, 15) is 14.4 Å². The van der Waals surface area contributed by atoms with Gasteiger partial charge in [-0.05, 0) is 12.1 Å². The van der Waals surface area contributed by atoms with E-state index in [1.165, 1.54) is 30.6 Å². The number of carboxylic acid groups (broad SMARTS) is 1. The van der Waals surface area contributed by atoms with Crippen LogP contribution >= 0.6 is 0 Å². The Morgan fingerprint density at radius 3 is 2.63 bits per heavy atom. The van der Waals surface area contributed by atoms with E-state index < -0.39 is 17.3 Å². The fourth-order valence-electron chi connectivity index (χ4n) is 1.37. The first-order valence-electron chi connectivity index (χ1n) is 5.26. The lowest BCUT2D eigenvalue weighted by Gasteiger charge is -2.03. The lowest BCUT2D eigenvalue weighted by atomic mass is 10.2. The first-order chi connectivity index (χ1) is 9.08. The van der Waals surface area contributed by atoms with Crippen LogP contribution in [0.3, 0.4) is 0 Å². The summed E-state index contributed by atoms with van der Waals surface area (Å²) in [4.78, 5) is 40.2. The van der Waals surface area contributed by atoms with Crippen molar-refractivity contribution in [3.05, 3.63) is 58.1 Å². The second-order valence-electron chi connectivity index (χ2n) is 3.61. The molecule has 0 saturated heterocycles. The number of aromatic amines is 1. The number of nitrogens with zero attached hydrogens (tertiary/aromatic N) is 1. The number of hydrogen-bond acceptors (Lipinski definition) is 4. The van der Waals surface area contributed by atoms with Crippen molar-refractivity contribution in [2.45, 2.75) is 0 Å². The van der Waals surface area contributed by atoms with Crippen molar-refractivity contribution in [3.63, 3.8) is 0 Å². The molecule has 2 aromatic rings. The summed E-state index contributed by atoms with van der Waals surface area (Å²) in [5, 5.41) is 11.1. The van der Waals surface area contributed by atoms with Gasteiger partial charge >= 0.3 is 5.97 Å². The Labute approximate surface area is 106 Å². The molecule has 1 amide bonds. The van der Waals surface area contributed by atoms with E-state index in [-0.39, 0.29) is 16.9 Å². The average molecular weight is 259 g/mol. The molecule has 3 N–H and O–H groups in total. The van der Waals surface area contributed by atoms with Crippen molar-refractivity contribution in [1.29, 1.82) is 0 Å². The Morgan fingerprint density at radius 2 is 2.05 bits per heavy atom. The first-order valence-corrected chi connectivity index (χ1v) is 5.26. The van der Waals surface area contributed by atoms with E-state index in [0.717, 1.165) is 6.20 Å². The quantitative estimate of drug-likeness (QED) is 0.751. The standard InChI is InChI=1S/C12H9N3O4/c16-9-3-4-13-6-8(9)11(17)15-10-2-1-7(5-14-10)12(18)19/h1-6H,(H,13,16)(H,18,19)(H,14,15,17). The van der Waals surface area contributed by atoms with Crippen LogP contribution in [0, 0.1) is 0 Å². The average Bonchev–Trinajstić information content (AvgIpc) is 2.39. The summed E-state index contributed by atoms with van der Waals surface area (Å²) in [6.45, 7) is 0. The molecule has 0 radical (unpaired) electrons. The number of hydrogen-bond donors (Lipinski definition) is 3. The molecule has 0 aromatic carbocycles. The van der Waals surface area contributed by atoms with Gasteiger partial charge in [-0.25, -0.2) is 9.78 Å². The van der Waals surface area contributed by atoms with Gasteiger partial charge in [0.05, 0.1) is 5.56 Å². The summed E-state index contributed by atoms with van der Waals surface area (Å²) in [6.07, 6.45) is 3.81. The van der Waals surface area contributed by atoms with Gasteiger partial charge in [0.2, 0.25) is 0 Å². The SMILES string of the molecule is O=C(O)c1ccc(NC(=O)c2c[nH]ccc2=O)nc1. The van der Waals surface area contributed by atoms with Gasteiger partial charge in [0, 0.05) is 24.7 Å². The van der Waals surface area contributed by atoms with Crippen molar-refractivity contribution >= 4 is 17.7 Å². The van der Waals surface area contributed by atoms with Crippen LogP contribution in [0.15, 0.2) is 41.6 Å². The van der Waals surface area contributed by atoms with Crippen molar-refractivity contribution in [3.8, 4) is 0 Å². The zero-order valence-electron chi connectivity index (χ0n) is 9.58.